The fourth-order valence-corrected chi connectivity index (χ4v) is 3.47. The molecule has 3 rings (SSSR count). The van der Waals surface area contributed by atoms with Gasteiger partial charge in [-0.3, -0.25) is 4.57 Å². The van der Waals surface area contributed by atoms with Crippen LogP contribution in [0.5, 0.6) is 0 Å². The van der Waals surface area contributed by atoms with Gasteiger partial charge in [0.2, 0.25) is 0 Å². The minimum Gasteiger partial charge on any atom is -0.290 e. The Morgan fingerprint density at radius 1 is 1.33 bits per heavy atom. The maximum Gasteiger partial charge on any atom is 0.114 e. The Labute approximate surface area is 120 Å². The van der Waals surface area contributed by atoms with Crippen LogP contribution >= 0.6 is 27.7 Å². The average Bonchev–Trinajstić information content (AvgIpc) is 2.57. The minimum absolute atomic E-state index is 1.05. The number of fused-ring (bicyclic) bond motifs is 3. The summed E-state index contributed by atoms with van der Waals surface area (Å²) in [6, 6.07) is 6.74. The van der Waals surface area contributed by atoms with Crippen molar-refractivity contribution in [1.82, 2.24) is 9.55 Å². The van der Waals surface area contributed by atoms with Crippen molar-refractivity contribution in [3.05, 3.63) is 39.9 Å². The van der Waals surface area contributed by atoms with Crippen molar-refractivity contribution in [3.63, 3.8) is 0 Å². The van der Waals surface area contributed by atoms with Crippen LogP contribution in [0.2, 0.25) is 0 Å². The van der Waals surface area contributed by atoms with E-state index in [9.17, 15) is 0 Å². The SMILES string of the molecule is CSc1ccc2c(c1)CCCc1nc(C)c(Br)n1-2. The largest absolute Gasteiger partial charge is 0.290 e. The van der Waals surface area contributed by atoms with Gasteiger partial charge in [-0.05, 0) is 65.7 Å². The van der Waals surface area contributed by atoms with Crippen molar-refractivity contribution in [2.75, 3.05) is 6.26 Å². The molecule has 2 nitrogen and oxygen atoms in total. The maximum atomic E-state index is 4.66. The quantitative estimate of drug-likeness (QED) is 0.734. The maximum absolute atomic E-state index is 4.66. The molecule has 0 saturated heterocycles. The van der Waals surface area contributed by atoms with Crippen LogP contribution in [0.1, 0.15) is 23.5 Å². The van der Waals surface area contributed by atoms with E-state index in [1.807, 2.05) is 0 Å². The van der Waals surface area contributed by atoms with Crippen LogP contribution in [0.4, 0.5) is 0 Å². The number of aromatic nitrogens is 2. The van der Waals surface area contributed by atoms with Gasteiger partial charge >= 0.3 is 0 Å². The molecule has 2 heterocycles. The predicted octanol–water partition coefficient (Wildman–Crippen LogP) is 4.15. The highest BCUT2D eigenvalue weighted by atomic mass is 79.9. The molecule has 0 amide bonds. The average molecular weight is 323 g/mol. The molecule has 0 spiro atoms. The van der Waals surface area contributed by atoms with Crippen LogP contribution in [0.25, 0.3) is 5.69 Å². The lowest BCUT2D eigenvalue weighted by molar-refractivity contribution is 0.787. The number of rotatable bonds is 1. The lowest BCUT2D eigenvalue weighted by atomic mass is 10.1. The van der Waals surface area contributed by atoms with Crippen molar-refractivity contribution in [2.24, 2.45) is 0 Å². The molecule has 1 aliphatic rings. The first-order valence-corrected chi connectivity index (χ1v) is 8.13. The van der Waals surface area contributed by atoms with E-state index in [4.69, 9.17) is 0 Å². The van der Waals surface area contributed by atoms with Crippen molar-refractivity contribution in [2.45, 2.75) is 31.1 Å². The van der Waals surface area contributed by atoms with E-state index in [1.165, 1.54) is 28.4 Å². The molecular formula is C14H15BrN2S. The van der Waals surface area contributed by atoms with Gasteiger partial charge in [-0.2, -0.15) is 0 Å². The minimum atomic E-state index is 1.05. The normalized spacial score (nSPS) is 13.9. The summed E-state index contributed by atoms with van der Waals surface area (Å²) in [5.74, 6) is 1.18. The Kier molecular flexibility index (Phi) is 3.24. The van der Waals surface area contributed by atoms with Gasteiger partial charge in [0, 0.05) is 11.3 Å². The monoisotopic (exact) mass is 322 g/mol. The molecule has 18 heavy (non-hydrogen) atoms. The molecule has 0 atom stereocenters. The molecule has 94 valence electrons. The van der Waals surface area contributed by atoms with Gasteiger partial charge in [0.25, 0.3) is 0 Å². The fourth-order valence-electron chi connectivity index (χ4n) is 2.52. The molecule has 4 heteroatoms. The molecule has 1 aromatic heterocycles. The Morgan fingerprint density at radius 2 is 2.17 bits per heavy atom. The molecule has 1 aliphatic heterocycles. The number of aryl methyl sites for hydroxylation is 3. The Balaban J connectivity index is 2.24. The number of hydrogen-bond donors (Lipinski definition) is 0. The second kappa shape index (κ2) is 4.74. The van der Waals surface area contributed by atoms with Gasteiger partial charge < -0.3 is 0 Å². The summed E-state index contributed by atoms with van der Waals surface area (Å²) in [5.41, 5.74) is 3.79. The van der Waals surface area contributed by atoms with Gasteiger partial charge in [0.15, 0.2) is 0 Å². The van der Waals surface area contributed by atoms with Crippen molar-refractivity contribution in [1.29, 1.82) is 0 Å². The van der Waals surface area contributed by atoms with Crippen molar-refractivity contribution >= 4 is 27.7 Å². The summed E-state index contributed by atoms with van der Waals surface area (Å²) in [7, 11) is 0. The van der Waals surface area contributed by atoms with Gasteiger partial charge in [-0.15, -0.1) is 11.8 Å². The molecule has 1 aromatic carbocycles. The molecule has 0 unspecified atom stereocenters. The van der Waals surface area contributed by atoms with Crippen molar-refractivity contribution in [3.8, 4) is 5.69 Å². The highest BCUT2D eigenvalue weighted by molar-refractivity contribution is 9.10. The number of nitrogens with zero attached hydrogens (tertiary/aromatic N) is 2. The molecule has 0 N–H and O–H groups in total. The van der Waals surface area contributed by atoms with E-state index < -0.39 is 0 Å². The van der Waals surface area contributed by atoms with E-state index in [1.54, 1.807) is 11.8 Å². The molecule has 2 aromatic rings. The molecule has 0 saturated carbocycles. The second-order valence-corrected chi connectivity index (χ2v) is 6.22. The van der Waals surface area contributed by atoms with Crippen LogP contribution < -0.4 is 0 Å². The molecular weight excluding hydrogens is 308 g/mol. The van der Waals surface area contributed by atoms with Crippen LogP contribution in [-0.2, 0) is 12.8 Å². The third-order valence-corrected chi connectivity index (χ3v) is 5.08. The summed E-state index contributed by atoms with van der Waals surface area (Å²) in [4.78, 5) is 6.00. The van der Waals surface area contributed by atoms with Gasteiger partial charge in [-0.1, -0.05) is 0 Å². The van der Waals surface area contributed by atoms with Gasteiger partial charge in [-0.25, -0.2) is 4.98 Å². The number of halogens is 1. The number of imidazole rings is 1. The summed E-state index contributed by atoms with van der Waals surface area (Å²) in [6.45, 7) is 2.06. The van der Waals surface area contributed by atoms with Crippen LogP contribution in [-0.4, -0.2) is 15.8 Å². The summed E-state index contributed by atoms with van der Waals surface area (Å²) >= 11 is 5.47. The van der Waals surface area contributed by atoms with E-state index in [-0.39, 0.29) is 0 Å². The molecule has 0 aliphatic carbocycles. The second-order valence-electron chi connectivity index (χ2n) is 4.59. The van der Waals surface area contributed by atoms with E-state index in [2.05, 4.69) is 56.9 Å². The number of thioether (sulfide) groups is 1. The zero-order valence-corrected chi connectivity index (χ0v) is 12.9. The Morgan fingerprint density at radius 3 is 2.94 bits per heavy atom. The third-order valence-electron chi connectivity index (χ3n) is 3.42. The topological polar surface area (TPSA) is 17.8 Å². The predicted molar refractivity (Wildman–Crippen MR) is 79.8 cm³/mol. The lowest BCUT2D eigenvalue weighted by Crippen LogP contribution is -2.00. The highest BCUT2D eigenvalue weighted by Gasteiger charge is 2.19. The lowest BCUT2D eigenvalue weighted by Gasteiger charge is -2.11. The molecule has 0 radical (unpaired) electrons. The summed E-state index contributed by atoms with van der Waals surface area (Å²) in [5, 5.41) is 0. The standard InChI is InChI=1S/C14H15BrN2S/c1-9-14(15)17-12-7-6-11(18-2)8-10(12)4-3-5-13(17)16-9/h6-8H,3-5H2,1-2H3. The zero-order valence-electron chi connectivity index (χ0n) is 10.5. The first-order valence-electron chi connectivity index (χ1n) is 6.11. The van der Waals surface area contributed by atoms with Gasteiger partial charge in [0.1, 0.15) is 10.4 Å². The van der Waals surface area contributed by atoms with Gasteiger partial charge in [0.05, 0.1) is 11.4 Å². The Hall–Kier alpha value is -0.740. The summed E-state index contributed by atoms with van der Waals surface area (Å²) in [6.07, 6.45) is 5.49. The van der Waals surface area contributed by atoms with Crippen molar-refractivity contribution < 1.29 is 0 Å². The van der Waals surface area contributed by atoms with Crippen LogP contribution in [0, 0.1) is 6.92 Å². The first-order chi connectivity index (χ1) is 8.70. The highest BCUT2D eigenvalue weighted by Crippen LogP contribution is 2.31. The first kappa shape index (κ1) is 12.3. The van der Waals surface area contributed by atoms with Crippen LogP contribution in [0.15, 0.2) is 27.7 Å². The number of benzene rings is 1. The van der Waals surface area contributed by atoms with E-state index >= 15 is 0 Å². The zero-order chi connectivity index (χ0) is 12.7. The smallest absolute Gasteiger partial charge is 0.114 e. The summed E-state index contributed by atoms with van der Waals surface area (Å²) < 4.78 is 3.36. The third kappa shape index (κ3) is 1.91. The van der Waals surface area contributed by atoms with E-state index in [0.29, 0.717) is 0 Å². The Bertz CT molecular complexity index is 604. The van der Waals surface area contributed by atoms with Crippen LogP contribution in [0.3, 0.4) is 0 Å². The molecule has 0 bridgehead atoms. The number of hydrogen-bond acceptors (Lipinski definition) is 2. The fraction of sp³-hybridized carbons (Fsp3) is 0.357. The molecule has 0 fully saturated rings. The van der Waals surface area contributed by atoms with E-state index in [0.717, 1.165) is 23.1 Å².